The number of nitrogens with one attached hydrogen (secondary N) is 2. The summed E-state index contributed by atoms with van der Waals surface area (Å²) in [6, 6.07) is 3.45. The van der Waals surface area contributed by atoms with Crippen molar-refractivity contribution in [3.05, 3.63) is 24.2 Å². The molecule has 0 amide bonds. The van der Waals surface area contributed by atoms with Crippen LogP contribution in [0.2, 0.25) is 0 Å². The van der Waals surface area contributed by atoms with Crippen LogP contribution in [-0.4, -0.2) is 31.2 Å². The minimum absolute atomic E-state index is 0. The lowest BCUT2D eigenvalue weighted by Gasteiger charge is -2.22. The second-order valence-corrected chi connectivity index (χ2v) is 3.73. The molecule has 0 aliphatic carbocycles. The van der Waals surface area contributed by atoms with Crippen LogP contribution in [0, 0.1) is 12.3 Å². The van der Waals surface area contributed by atoms with Crippen LogP contribution in [0.15, 0.2) is 27.8 Å². The largest absolute Gasteiger partial charge is 0.466 e. The van der Waals surface area contributed by atoms with Gasteiger partial charge in [0.15, 0.2) is 5.96 Å². The Kier molecular flexibility index (Phi) is 7.47. The molecular weight excluding hydrogens is 345 g/mol. The monoisotopic (exact) mass is 363 g/mol. The van der Waals surface area contributed by atoms with Crippen molar-refractivity contribution >= 4 is 29.9 Å². The number of furan rings is 1. The second-order valence-electron chi connectivity index (χ2n) is 3.73. The van der Waals surface area contributed by atoms with Gasteiger partial charge in [-0.15, -0.1) is 30.4 Å². The molecule has 5 nitrogen and oxygen atoms in total. The number of hydrogen-bond donors (Lipinski definition) is 3. The third kappa shape index (κ3) is 4.98. The Morgan fingerprint density at radius 1 is 1.61 bits per heavy atom. The lowest BCUT2D eigenvalue weighted by atomic mass is 10.0. The fraction of sp³-hybridized carbons (Fsp3) is 0.417. The van der Waals surface area contributed by atoms with Gasteiger partial charge in [0.1, 0.15) is 11.4 Å². The molecule has 0 saturated heterocycles. The third-order valence-corrected chi connectivity index (χ3v) is 2.23. The predicted octanol–water partition coefficient (Wildman–Crippen LogP) is 0.903. The maximum atomic E-state index is 10.2. The Balaban J connectivity index is 0.00000289. The van der Waals surface area contributed by atoms with Crippen LogP contribution in [0.3, 0.4) is 0 Å². The first kappa shape index (κ1) is 16.8. The highest BCUT2D eigenvalue weighted by Crippen LogP contribution is 2.19. The highest BCUT2D eigenvalue weighted by atomic mass is 127. The predicted molar refractivity (Wildman–Crippen MR) is 81.9 cm³/mol. The summed E-state index contributed by atoms with van der Waals surface area (Å²) in [7, 11) is 1.63. The summed E-state index contributed by atoms with van der Waals surface area (Å²) in [5.74, 6) is 3.48. The first-order valence-corrected chi connectivity index (χ1v) is 5.24. The number of halogens is 1. The fourth-order valence-electron chi connectivity index (χ4n) is 1.28. The number of nitrogens with zero attached hydrogens (tertiary/aromatic N) is 1. The Morgan fingerprint density at radius 2 is 2.33 bits per heavy atom. The zero-order chi connectivity index (χ0) is 12.7. The highest BCUT2D eigenvalue weighted by Gasteiger charge is 2.26. The van der Waals surface area contributed by atoms with Crippen molar-refractivity contribution in [3.8, 4) is 12.3 Å². The molecule has 0 aliphatic heterocycles. The quantitative estimate of drug-likeness (QED) is 0.322. The Labute approximate surface area is 124 Å². The second kappa shape index (κ2) is 8.00. The zero-order valence-corrected chi connectivity index (χ0v) is 12.8. The van der Waals surface area contributed by atoms with Crippen LogP contribution in [0.4, 0.5) is 0 Å². The van der Waals surface area contributed by atoms with E-state index in [1.165, 1.54) is 6.26 Å². The number of terminal acetylenes is 1. The topological polar surface area (TPSA) is 69.8 Å². The highest BCUT2D eigenvalue weighted by molar-refractivity contribution is 14.0. The van der Waals surface area contributed by atoms with Gasteiger partial charge in [-0.25, -0.2) is 0 Å². The molecule has 6 heteroatoms. The molecule has 0 aromatic carbocycles. The van der Waals surface area contributed by atoms with E-state index in [1.807, 2.05) is 0 Å². The number of aliphatic imine (C=N–C) groups is 1. The van der Waals surface area contributed by atoms with E-state index in [0.29, 0.717) is 18.3 Å². The summed E-state index contributed by atoms with van der Waals surface area (Å²) in [6.07, 6.45) is 6.65. The molecule has 0 bridgehead atoms. The van der Waals surface area contributed by atoms with E-state index < -0.39 is 5.60 Å². The molecule has 0 fully saturated rings. The Morgan fingerprint density at radius 3 is 2.83 bits per heavy atom. The van der Waals surface area contributed by atoms with E-state index in [4.69, 9.17) is 10.8 Å². The van der Waals surface area contributed by atoms with Crippen LogP contribution >= 0.6 is 24.0 Å². The smallest absolute Gasteiger partial charge is 0.191 e. The Bertz CT molecular complexity index is 407. The van der Waals surface area contributed by atoms with Crippen molar-refractivity contribution in [2.45, 2.75) is 12.5 Å². The van der Waals surface area contributed by atoms with Gasteiger partial charge in [0.2, 0.25) is 0 Å². The molecule has 0 saturated carbocycles. The number of rotatable bonds is 4. The average Bonchev–Trinajstić information content (AvgIpc) is 2.83. The van der Waals surface area contributed by atoms with Gasteiger partial charge in [-0.3, -0.25) is 4.99 Å². The first-order valence-electron chi connectivity index (χ1n) is 5.24. The lowest BCUT2D eigenvalue weighted by Crippen LogP contribution is -2.44. The number of hydrogen-bond acceptors (Lipinski definition) is 3. The van der Waals surface area contributed by atoms with Crippen LogP contribution in [0.25, 0.3) is 0 Å². The summed E-state index contributed by atoms with van der Waals surface area (Å²) in [5.41, 5.74) is -1.10. The lowest BCUT2D eigenvalue weighted by molar-refractivity contribution is 0.0386. The van der Waals surface area contributed by atoms with Gasteiger partial charge in [0.25, 0.3) is 0 Å². The van der Waals surface area contributed by atoms with E-state index in [1.54, 1.807) is 26.1 Å². The third-order valence-electron chi connectivity index (χ3n) is 2.23. The van der Waals surface area contributed by atoms with Gasteiger partial charge < -0.3 is 20.2 Å². The standard InChI is InChI=1S/C12H17N3O2.HI/c1-4-7-14-11(13-3)15-9-12(2,16)10-6-5-8-17-10;/h1,5-6,8,16H,7,9H2,2-3H3,(H2,13,14,15);1H. The van der Waals surface area contributed by atoms with E-state index in [2.05, 4.69) is 21.5 Å². The minimum Gasteiger partial charge on any atom is -0.466 e. The van der Waals surface area contributed by atoms with Gasteiger partial charge in [-0.05, 0) is 19.1 Å². The summed E-state index contributed by atoms with van der Waals surface area (Å²) in [4.78, 5) is 3.97. The fourth-order valence-corrected chi connectivity index (χ4v) is 1.28. The molecule has 3 N–H and O–H groups in total. The summed E-state index contributed by atoms with van der Waals surface area (Å²) in [5, 5.41) is 16.0. The van der Waals surface area contributed by atoms with Gasteiger partial charge in [-0.1, -0.05) is 5.92 Å². The van der Waals surface area contributed by atoms with Gasteiger partial charge >= 0.3 is 0 Å². The SMILES string of the molecule is C#CCNC(=NC)NCC(C)(O)c1ccco1.I. The van der Waals surface area contributed by atoms with Crippen molar-refractivity contribution in [3.63, 3.8) is 0 Å². The van der Waals surface area contributed by atoms with Crippen LogP contribution < -0.4 is 10.6 Å². The van der Waals surface area contributed by atoms with E-state index in [9.17, 15) is 5.11 Å². The van der Waals surface area contributed by atoms with Crippen LogP contribution in [0.1, 0.15) is 12.7 Å². The Hall–Kier alpha value is -1.20. The maximum absolute atomic E-state index is 10.2. The van der Waals surface area contributed by atoms with E-state index in [0.717, 1.165) is 0 Å². The molecular formula is C12H18IN3O2. The van der Waals surface area contributed by atoms with Crippen molar-refractivity contribution in [1.82, 2.24) is 10.6 Å². The molecule has 0 radical (unpaired) electrons. The number of aliphatic hydroxyl groups is 1. The molecule has 0 aliphatic rings. The molecule has 1 heterocycles. The van der Waals surface area contributed by atoms with Crippen LogP contribution in [0.5, 0.6) is 0 Å². The number of guanidine groups is 1. The molecule has 1 rings (SSSR count). The minimum atomic E-state index is -1.10. The molecule has 1 aromatic rings. The molecule has 18 heavy (non-hydrogen) atoms. The molecule has 1 unspecified atom stereocenters. The van der Waals surface area contributed by atoms with Crippen LogP contribution in [-0.2, 0) is 5.60 Å². The molecule has 1 aromatic heterocycles. The van der Waals surface area contributed by atoms with Crippen molar-refractivity contribution in [2.24, 2.45) is 4.99 Å². The van der Waals surface area contributed by atoms with Gasteiger partial charge in [0.05, 0.1) is 19.4 Å². The summed E-state index contributed by atoms with van der Waals surface area (Å²) < 4.78 is 5.16. The molecule has 1 atom stereocenters. The van der Waals surface area contributed by atoms with Crippen molar-refractivity contribution in [1.29, 1.82) is 0 Å². The van der Waals surface area contributed by atoms with Gasteiger partial charge in [0, 0.05) is 7.05 Å². The average molecular weight is 363 g/mol. The summed E-state index contributed by atoms with van der Waals surface area (Å²) >= 11 is 0. The maximum Gasteiger partial charge on any atom is 0.191 e. The zero-order valence-electron chi connectivity index (χ0n) is 10.4. The first-order chi connectivity index (χ1) is 8.10. The normalized spacial score (nSPS) is 14.0. The summed E-state index contributed by atoms with van der Waals surface area (Å²) in [6.45, 7) is 2.31. The van der Waals surface area contributed by atoms with E-state index in [-0.39, 0.29) is 30.5 Å². The van der Waals surface area contributed by atoms with Crippen molar-refractivity contribution in [2.75, 3.05) is 20.1 Å². The van der Waals surface area contributed by atoms with Crippen molar-refractivity contribution < 1.29 is 9.52 Å². The van der Waals surface area contributed by atoms with Gasteiger partial charge in [-0.2, -0.15) is 0 Å². The molecule has 0 spiro atoms. The van der Waals surface area contributed by atoms with E-state index >= 15 is 0 Å². The molecule has 100 valence electrons.